The van der Waals surface area contributed by atoms with Crippen LogP contribution in [0.15, 0.2) is 24.3 Å². The molecule has 0 heterocycles. The van der Waals surface area contributed by atoms with Gasteiger partial charge in [0.1, 0.15) is 5.82 Å². The molecule has 1 rings (SSSR count). The molecule has 0 amide bonds. The summed E-state index contributed by atoms with van der Waals surface area (Å²) >= 11 is 6.12. The molecule has 0 aromatic heterocycles. The molecule has 1 aromatic carbocycles. The predicted molar refractivity (Wildman–Crippen MR) is 56.1 cm³/mol. The molecule has 0 radical (unpaired) electrons. The molecule has 1 nitrogen and oxygen atoms in total. The number of rotatable bonds is 5. The number of ether oxygens (including phenoxy) is 1. The van der Waals surface area contributed by atoms with E-state index in [0.717, 1.165) is 18.4 Å². The maximum Gasteiger partial charge on any atom is 0.123 e. The van der Waals surface area contributed by atoms with Gasteiger partial charge in [-0.3, -0.25) is 0 Å². The van der Waals surface area contributed by atoms with Crippen molar-refractivity contribution in [2.75, 3.05) is 13.7 Å². The minimum absolute atomic E-state index is 0.0502. The lowest BCUT2D eigenvalue weighted by Crippen LogP contribution is -1.94. The fraction of sp³-hybridized carbons (Fsp3) is 0.455. The van der Waals surface area contributed by atoms with Crippen molar-refractivity contribution in [2.24, 2.45) is 0 Å². The van der Waals surface area contributed by atoms with Crippen LogP contribution in [0.5, 0.6) is 0 Å². The second-order valence-electron chi connectivity index (χ2n) is 3.15. The number of halogens is 2. The van der Waals surface area contributed by atoms with Crippen molar-refractivity contribution < 1.29 is 9.13 Å². The van der Waals surface area contributed by atoms with Gasteiger partial charge in [0.2, 0.25) is 0 Å². The Labute approximate surface area is 88.8 Å². The largest absolute Gasteiger partial charge is 0.385 e. The molecule has 0 aliphatic rings. The third kappa shape index (κ3) is 3.64. The molecule has 1 atom stereocenters. The van der Waals surface area contributed by atoms with Gasteiger partial charge in [0, 0.05) is 13.7 Å². The summed E-state index contributed by atoms with van der Waals surface area (Å²) in [6, 6.07) is 6.31. The molecule has 78 valence electrons. The first-order chi connectivity index (χ1) is 6.74. The van der Waals surface area contributed by atoms with Gasteiger partial charge in [0.25, 0.3) is 0 Å². The molecule has 1 aromatic rings. The zero-order valence-corrected chi connectivity index (χ0v) is 8.93. The molecule has 0 saturated carbocycles. The SMILES string of the molecule is COCCCC(Cl)c1ccc(F)cc1. The summed E-state index contributed by atoms with van der Waals surface area (Å²) in [4.78, 5) is 0. The summed E-state index contributed by atoms with van der Waals surface area (Å²) in [5, 5.41) is -0.0502. The van der Waals surface area contributed by atoms with E-state index in [2.05, 4.69) is 0 Å². The van der Waals surface area contributed by atoms with Crippen molar-refractivity contribution in [2.45, 2.75) is 18.2 Å². The van der Waals surface area contributed by atoms with Crippen molar-refractivity contribution in [1.29, 1.82) is 0 Å². The lowest BCUT2D eigenvalue weighted by Gasteiger charge is -2.08. The molecular formula is C11H14ClFO. The normalized spacial score (nSPS) is 12.8. The molecule has 0 saturated heterocycles. The standard InChI is InChI=1S/C11H14ClFO/c1-14-8-2-3-11(12)9-4-6-10(13)7-5-9/h4-7,11H,2-3,8H2,1H3. The van der Waals surface area contributed by atoms with Gasteiger partial charge in [0.05, 0.1) is 5.38 Å². The van der Waals surface area contributed by atoms with Gasteiger partial charge in [-0.2, -0.15) is 0 Å². The Morgan fingerprint density at radius 3 is 2.57 bits per heavy atom. The molecule has 3 heteroatoms. The van der Waals surface area contributed by atoms with Gasteiger partial charge < -0.3 is 4.74 Å². The number of methoxy groups -OCH3 is 1. The van der Waals surface area contributed by atoms with Gasteiger partial charge >= 0.3 is 0 Å². The topological polar surface area (TPSA) is 9.23 Å². The van der Waals surface area contributed by atoms with Crippen LogP contribution >= 0.6 is 11.6 Å². The Morgan fingerprint density at radius 1 is 1.36 bits per heavy atom. The smallest absolute Gasteiger partial charge is 0.123 e. The van der Waals surface area contributed by atoms with Crippen LogP contribution in [0.3, 0.4) is 0 Å². The van der Waals surface area contributed by atoms with Crippen LogP contribution in [0.2, 0.25) is 0 Å². The Balaban J connectivity index is 2.43. The first kappa shape index (κ1) is 11.5. The Bertz CT molecular complexity index is 260. The Morgan fingerprint density at radius 2 is 2.00 bits per heavy atom. The highest BCUT2D eigenvalue weighted by Crippen LogP contribution is 2.25. The third-order valence-electron chi connectivity index (χ3n) is 2.04. The second-order valence-corrected chi connectivity index (χ2v) is 3.68. The van der Waals surface area contributed by atoms with Crippen molar-refractivity contribution in [3.8, 4) is 0 Å². The van der Waals surface area contributed by atoms with Crippen molar-refractivity contribution in [1.82, 2.24) is 0 Å². The van der Waals surface area contributed by atoms with Gasteiger partial charge in [-0.05, 0) is 30.5 Å². The summed E-state index contributed by atoms with van der Waals surface area (Å²) in [5.74, 6) is -0.227. The molecular weight excluding hydrogens is 203 g/mol. The molecule has 0 spiro atoms. The molecule has 0 aliphatic heterocycles. The van der Waals surface area contributed by atoms with Crippen molar-refractivity contribution >= 4 is 11.6 Å². The zero-order valence-electron chi connectivity index (χ0n) is 8.17. The predicted octanol–water partition coefficient (Wildman–Crippen LogP) is 3.53. The van der Waals surface area contributed by atoms with E-state index in [1.165, 1.54) is 12.1 Å². The lowest BCUT2D eigenvalue weighted by atomic mass is 10.1. The molecule has 0 N–H and O–H groups in total. The van der Waals surface area contributed by atoms with E-state index in [9.17, 15) is 4.39 Å². The van der Waals surface area contributed by atoms with Crippen LogP contribution in [-0.2, 0) is 4.74 Å². The minimum atomic E-state index is -0.227. The quantitative estimate of drug-likeness (QED) is 0.541. The van der Waals surface area contributed by atoms with E-state index in [1.54, 1.807) is 19.2 Å². The monoisotopic (exact) mass is 216 g/mol. The lowest BCUT2D eigenvalue weighted by molar-refractivity contribution is 0.192. The van der Waals surface area contributed by atoms with Gasteiger partial charge in [-0.1, -0.05) is 12.1 Å². The Kier molecular flexibility index (Phi) is 4.91. The third-order valence-corrected chi connectivity index (χ3v) is 2.51. The fourth-order valence-electron chi connectivity index (χ4n) is 1.25. The highest BCUT2D eigenvalue weighted by molar-refractivity contribution is 6.20. The summed E-state index contributed by atoms with van der Waals surface area (Å²) in [6.45, 7) is 0.713. The van der Waals surface area contributed by atoms with Crippen LogP contribution in [0.4, 0.5) is 4.39 Å². The zero-order chi connectivity index (χ0) is 10.4. The summed E-state index contributed by atoms with van der Waals surface area (Å²) in [5.41, 5.74) is 0.962. The molecule has 1 unspecified atom stereocenters. The van der Waals surface area contributed by atoms with E-state index in [4.69, 9.17) is 16.3 Å². The fourth-order valence-corrected chi connectivity index (χ4v) is 1.54. The van der Waals surface area contributed by atoms with Gasteiger partial charge in [-0.25, -0.2) is 4.39 Å². The van der Waals surface area contributed by atoms with Crippen molar-refractivity contribution in [3.05, 3.63) is 35.6 Å². The van der Waals surface area contributed by atoms with Crippen LogP contribution in [-0.4, -0.2) is 13.7 Å². The number of benzene rings is 1. The number of alkyl halides is 1. The molecule has 0 aliphatic carbocycles. The van der Waals surface area contributed by atoms with Crippen molar-refractivity contribution in [3.63, 3.8) is 0 Å². The minimum Gasteiger partial charge on any atom is -0.385 e. The highest BCUT2D eigenvalue weighted by atomic mass is 35.5. The first-order valence-corrected chi connectivity index (χ1v) is 5.06. The first-order valence-electron chi connectivity index (χ1n) is 4.62. The summed E-state index contributed by atoms with van der Waals surface area (Å²) in [7, 11) is 1.67. The van der Waals surface area contributed by atoms with E-state index in [0.29, 0.717) is 6.61 Å². The van der Waals surface area contributed by atoms with Crippen LogP contribution in [0.1, 0.15) is 23.8 Å². The maximum absolute atomic E-state index is 12.6. The molecule has 0 bridgehead atoms. The highest BCUT2D eigenvalue weighted by Gasteiger charge is 2.06. The summed E-state index contributed by atoms with van der Waals surface area (Å²) in [6.07, 6.45) is 1.77. The van der Waals surface area contributed by atoms with E-state index in [-0.39, 0.29) is 11.2 Å². The van der Waals surface area contributed by atoms with Crippen LogP contribution in [0, 0.1) is 5.82 Å². The second kappa shape index (κ2) is 5.99. The van der Waals surface area contributed by atoms with E-state index in [1.807, 2.05) is 0 Å². The van der Waals surface area contributed by atoms with Crippen LogP contribution < -0.4 is 0 Å². The van der Waals surface area contributed by atoms with Crippen LogP contribution in [0.25, 0.3) is 0 Å². The Hall–Kier alpha value is -0.600. The number of hydrogen-bond acceptors (Lipinski definition) is 1. The van der Waals surface area contributed by atoms with E-state index >= 15 is 0 Å². The number of hydrogen-bond donors (Lipinski definition) is 0. The average molecular weight is 217 g/mol. The van der Waals surface area contributed by atoms with Gasteiger partial charge in [0.15, 0.2) is 0 Å². The molecule has 0 fully saturated rings. The maximum atomic E-state index is 12.6. The average Bonchev–Trinajstić information content (AvgIpc) is 2.19. The summed E-state index contributed by atoms with van der Waals surface area (Å²) < 4.78 is 17.5. The molecule has 14 heavy (non-hydrogen) atoms. The van der Waals surface area contributed by atoms with E-state index < -0.39 is 0 Å². The van der Waals surface area contributed by atoms with Gasteiger partial charge in [-0.15, -0.1) is 11.6 Å².